The minimum Gasteiger partial charge on any atom is -0.481 e. The van der Waals surface area contributed by atoms with Crippen LogP contribution in [0.4, 0.5) is 0 Å². The van der Waals surface area contributed by atoms with Crippen LogP contribution >= 0.6 is 11.8 Å². The van der Waals surface area contributed by atoms with Crippen LogP contribution in [0.5, 0.6) is 0 Å². The summed E-state index contributed by atoms with van der Waals surface area (Å²) in [7, 11) is 0. The average Bonchev–Trinajstić information content (AvgIpc) is 2.25. The van der Waals surface area contributed by atoms with Gasteiger partial charge in [0.1, 0.15) is 0 Å². The van der Waals surface area contributed by atoms with Gasteiger partial charge in [0.25, 0.3) is 0 Å². The molecule has 0 aromatic carbocycles. The lowest BCUT2D eigenvalue weighted by atomic mass is 9.97. The van der Waals surface area contributed by atoms with Crippen molar-refractivity contribution in [2.75, 3.05) is 31.6 Å². The van der Waals surface area contributed by atoms with Gasteiger partial charge in [-0.05, 0) is 57.3 Å². The standard InChI is InChI=1S/C11H21NO2S/c1-15-9-3-2-6-12-7-4-10(5-8-12)11(13)14/h10H,2-9H2,1H3,(H,13,14). The van der Waals surface area contributed by atoms with E-state index in [0.717, 1.165) is 32.5 Å². The first kappa shape index (κ1) is 12.8. The fourth-order valence-corrected chi connectivity index (χ4v) is 2.48. The van der Waals surface area contributed by atoms with Crippen LogP contribution in [0.1, 0.15) is 25.7 Å². The van der Waals surface area contributed by atoms with E-state index in [9.17, 15) is 4.79 Å². The largest absolute Gasteiger partial charge is 0.481 e. The lowest BCUT2D eigenvalue weighted by molar-refractivity contribution is -0.143. The predicted molar refractivity (Wildman–Crippen MR) is 64.4 cm³/mol. The number of aliphatic carboxylic acids is 1. The van der Waals surface area contributed by atoms with Crippen molar-refractivity contribution >= 4 is 17.7 Å². The van der Waals surface area contributed by atoms with Crippen molar-refractivity contribution in [1.82, 2.24) is 4.90 Å². The molecule has 0 spiro atoms. The van der Waals surface area contributed by atoms with Crippen LogP contribution in [-0.2, 0) is 4.79 Å². The molecule has 1 rings (SSSR count). The maximum absolute atomic E-state index is 10.7. The van der Waals surface area contributed by atoms with Crippen molar-refractivity contribution in [3.8, 4) is 0 Å². The first-order valence-corrected chi connectivity index (χ1v) is 7.07. The molecule has 1 heterocycles. The summed E-state index contributed by atoms with van der Waals surface area (Å²) in [4.78, 5) is 13.1. The van der Waals surface area contributed by atoms with Crippen molar-refractivity contribution in [3.05, 3.63) is 0 Å². The number of thioether (sulfide) groups is 1. The third-order valence-electron chi connectivity index (χ3n) is 3.01. The van der Waals surface area contributed by atoms with E-state index in [1.54, 1.807) is 0 Å². The SMILES string of the molecule is CSCCCCN1CCC(C(=O)O)CC1. The number of carboxylic acid groups (broad SMARTS) is 1. The molecule has 0 bridgehead atoms. The third-order valence-corrected chi connectivity index (χ3v) is 3.71. The van der Waals surface area contributed by atoms with Crippen LogP contribution in [0, 0.1) is 5.92 Å². The first-order chi connectivity index (χ1) is 7.24. The van der Waals surface area contributed by atoms with E-state index in [0.29, 0.717) is 0 Å². The highest BCUT2D eigenvalue weighted by Gasteiger charge is 2.23. The molecule has 0 saturated carbocycles. The monoisotopic (exact) mass is 231 g/mol. The molecular weight excluding hydrogens is 210 g/mol. The second kappa shape index (κ2) is 7.12. The Bertz CT molecular complexity index is 191. The summed E-state index contributed by atoms with van der Waals surface area (Å²) in [5.74, 6) is 0.537. The van der Waals surface area contributed by atoms with E-state index in [-0.39, 0.29) is 5.92 Å². The molecule has 88 valence electrons. The second-order valence-corrected chi connectivity index (χ2v) is 5.14. The molecule has 3 nitrogen and oxygen atoms in total. The molecule has 0 radical (unpaired) electrons. The summed E-state index contributed by atoms with van der Waals surface area (Å²) >= 11 is 1.90. The fraction of sp³-hybridized carbons (Fsp3) is 0.909. The molecule has 1 fully saturated rings. The molecule has 1 aliphatic rings. The van der Waals surface area contributed by atoms with Gasteiger partial charge in [0, 0.05) is 0 Å². The van der Waals surface area contributed by atoms with E-state index in [2.05, 4.69) is 11.2 Å². The zero-order valence-corrected chi connectivity index (χ0v) is 10.3. The Balaban J connectivity index is 2.07. The molecule has 0 aliphatic carbocycles. The molecule has 0 amide bonds. The molecule has 1 N–H and O–H groups in total. The van der Waals surface area contributed by atoms with E-state index >= 15 is 0 Å². The van der Waals surface area contributed by atoms with E-state index in [4.69, 9.17) is 5.11 Å². The van der Waals surface area contributed by atoms with Gasteiger partial charge >= 0.3 is 5.97 Å². The quantitative estimate of drug-likeness (QED) is 0.709. The Morgan fingerprint density at radius 3 is 2.60 bits per heavy atom. The highest BCUT2D eigenvalue weighted by atomic mass is 32.2. The van der Waals surface area contributed by atoms with Gasteiger partial charge in [-0.3, -0.25) is 4.79 Å². The number of piperidine rings is 1. The van der Waals surface area contributed by atoms with Gasteiger partial charge in [0.2, 0.25) is 0 Å². The minimum atomic E-state index is -0.614. The normalized spacial score (nSPS) is 19.3. The van der Waals surface area contributed by atoms with Crippen molar-refractivity contribution in [2.24, 2.45) is 5.92 Å². The van der Waals surface area contributed by atoms with E-state index in [1.807, 2.05) is 11.8 Å². The Morgan fingerprint density at radius 1 is 1.40 bits per heavy atom. The molecule has 1 aliphatic heterocycles. The molecule has 0 unspecified atom stereocenters. The Hall–Kier alpha value is -0.220. The summed E-state index contributed by atoms with van der Waals surface area (Å²) in [6.07, 6.45) is 6.33. The van der Waals surface area contributed by atoms with Gasteiger partial charge in [-0.15, -0.1) is 0 Å². The highest BCUT2D eigenvalue weighted by molar-refractivity contribution is 7.98. The minimum absolute atomic E-state index is 0.0903. The fourth-order valence-electron chi connectivity index (χ4n) is 1.99. The lowest BCUT2D eigenvalue weighted by Gasteiger charge is -2.29. The van der Waals surface area contributed by atoms with Gasteiger partial charge in [0.15, 0.2) is 0 Å². The van der Waals surface area contributed by atoms with Crippen LogP contribution in [0.15, 0.2) is 0 Å². The first-order valence-electron chi connectivity index (χ1n) is 5.68. The predicted octanol–water partition coefficient (Wildman–Crippen LogP) is 1.93. The van der Waals surface area contributed by atoms with Gasteiger partial charge in [-0.1, -0.05) is 0 Å². The summed E-state index contributed by atoms with van der Waals surface area (Å²) in [6.45, 7) is 3.08. The Labute approximate surface area is 96.2 Å². The van der Waals surface area contributed by atoms with Crippen LogP contribution in [-0.4, -0.2) is 47.6 Å². The topological polar surface area (TPSA) is 40.5 Å². The molecule has 4 heteroatoms. The van der Waals surface area contributed by atoms with Gasteiger partial charge < -0.3 is 10.0 Å². The number of carbonyl (C=O) groups is 1. The summed E-state index contributed by atoms with van der Waals surface area (Å²) in [6, 6.07) is 0. The van der Waals surface area contributed by atoms with E-state index < -0.39 is 5.97 Å². The molecule has 0 aromatic heterocycles. The number of hydrogen-bond acceptors (Lipinski definition) is 3. The number of likely N-dealkylation sites (tertiary alicyclic amines) is 1. The zero-order chi connectivity index (χ0) is 11.1. The van der Waals surface area contributed by atoms with Crippen molar-refractivity contribution in [2.45, 2.75) is 25.7 Å². The molecular formula is C11H21NO2S. The van der Waals surface area contributed by atoms with Crippen LogP contribution in [0.3, 0.4) is 0 Å². The van der Waals surface area contributed by atoms with Crippen LogP contribution in [0.2, 0.25) is 0 Å². The van der Waals surface area contributed by atoms with E-state index in [1.165, 1.54) is 18.6 Å². The van der Waals surface area contributed by atoms with Gasteiger partial charge in [-0.2, -0.15) is 11.8 Å². The molecule has 0 atom stereocenters. The number of rotatable bonds is 6. The second-order valence-electron chi connectivity index (χ2n) is 4.15. The molecule has 0 aromatic rings. The van der Waals surface area contributed by atoms with Crippen LogP contribution < -0.4 is 0 Å². The summed E-state index contributed by atoms with van der Waals surface area (Å²) < 4.78 is 0. The smallest absolute Gasteiger partial charge is 0.306 e. The average molecular weight is 231 g/mol. The summed E-state index contributed by atoms with van der Waals surface area (Å²) in [5, 5.41) is 8.85. The number of nitrogens with zero attached hydrogens (tertiary/aromatic N) is 1. The number of hydrogen-bond donors (Lipinski definition) is 1. The number of carboxylic acids is 1. The highest BCUT2D eigenvalue weighted by Crippen LogP contribution is 2.17. The number of unbranched alkanes of at least 4 members (excludes halogenated alkanes) is 1. The maximum atomic E-state index is 10.7. The van der Waals surface area contributed by atoms with Gasteiger partial charge in [-0.25, -0.2) is 0 Å². The molecule has 1 saturated heterocycles. The Kier molecular flexibility index (Phi) is 6.10. The lowest BCUT2D eigenvalue weighted by Crippen LogP contribution is -2.36. The zero-order valence-electron chi connectivity index (χ0n) is 9.45. The van der Waals surface area contributed by atoms with Crippen molar-refractivity contribution < 1.29 is 9.90 Å². The third kappa shape index (κ3) is 4.89. The maximum Gasteiger partial charge on any atom is 0.306 e. The Morgan fingerprint density at radius 2 is 2.07 bits per heavy atom. The van der Waals surface area contributed by atoms with Crippen molar-refractivity contribution in [1.29, 1.82) is 0 Å². The van der Waals surface area contributed by atoms with Crippen LogP contribution in [0.25, 0.3) is 0 Å². The van der Waals surface area contributed by atoms with Gasteiger partial charge in [0.05, 0.1) is 5.92 Å². The van der Waals surface area contributed by atoms with Crippen molar-refractivity contribution in [3.63, 3.8) is 0 Å². The summed E-state index contributed by atoms with van der Waals surface area (Å²) in [5.41, 5.74) is 0. The molecule has 15 heavy (non-hydrogen) atoms.